The Morgan fingerprint density at radius 2 is 1.51 bits per heavy atom. The van der Waals surface area contributed by atoms with Gasteiger partial charge in [-0.1, -0.05) is 101 Å². The van der Waals surface area contributed by atoms with Gasteiger partial charge in [0.1, 0.15) is 0 Å². The fourth-order valence-electron chi connectivity index (χ4n) is 4.27. The highest BCUT2D eigenvalue weighted by Crippen LogP contribution is 2.26. The molecule has 0 aliphatic carbocycles. The van der Waals surface area contributed by atoms with E-state index >= 15 is 0 Å². The molecule has 2 aromatic heterocycles. The number of nitrogens with zero attached hydrogens (tertiary/aromatic N) is 3. The maximum atomic E-state index is 4.93. The molecule has 180 valence electrons. The highest BCUT2D eigenvalue weighted by molar-refractivity contribution is 9.10. The Morgan fingerprint density at radius 1 is 0.811 bits per heavy atom. The summed E-state index contributed by atoms with van der Waals surface area (Å²) in [5.41, 5.74) is 7.76. The predicted molar refractivity (Wildman–Crippen MR) is 158 cm³/mol. The zero-order valence-electron chi connectivity index (χ0n) is 19.9. The minimum atomic E-state index is 0.600. The highest BCUT2D eigenvalue weighted by Gasteiger charge is 2.09. The van der Waals surface area contributed by atoms with Crippen molar-refractivity contribution in [3.05, 3.63) is 135 Å². The van der Waals surface area contributed by atoms with Crippen molar-refractivity contribution in [1.29, 1.82) is 0 Å². The number of aromatic amines is 1. The van der Waals surface area contributed by atoms with E-state index in [0.29, 0.717) is 6.54 Å². The summed E-state index contributed by atoms with van der Waals surface area (Å²) in [7, 11) is 0. The van der Waals surface area contributed by atoms with Crippen molar-refractivity contribution in [2.45, 2.75) is 6.54 Å². The maximum absolute atomic E-state index is 4.93. The number of benzene rings is 4. The molecule has 4 nitrogen and oxygen atoms in total. The lowest BCUT2D eigenvalue weighted by Gasteiger charge is -2.06. The first-order valence-electron chi connectivity index (χ1n) is 12.0. The molecule has 0 amide bonds. The lowest BCUT2D eigenvalue weighted by molar-refractivity contribution is 0.824. The molecule has 0 bridgehead atoms. The third-order valence-corrected chi connectivity index (χ3v) is 7.55. The van der Waals surface area contributed by atoms with E-state index in [1.807, 2.05) is 47.4 Å². The summed E-state index contributed by atoms with van der Waals surface area (Å²) >= 11 is 5.18. The smallest absolute Gasteiger partial charge is 0.206 e. The van der Waals surface area contributed by atoms with Crippen molar-refractivity contribution in [3.8, 4) is 22.4 Å². The van der Waals surface area contributed by atoms with Gasteiger partial charge in [0.15, 0.2) is 0 Å². The Bertz CT molecular complexity index is 1740. The molecule has 0 aliphatic rings. The van der Waals surface area contributed by atoms with Gasteiger partial charge in [-0.05, 0) is 34.9 Å². The average molecular weight is 564 g/mol. The van der Waals surface area contributed by atoms with Crippen LogP contribution in [0.3, 0.4) is 0 Å². The lowest BCUT2D eigenvalue weighted by Crippen LogP contribution is -2.12. The Balaban J connectivity index is 1.41. The molecule has 0 spiro atoms. The monoisotopic (exact) mass is 562 g/mol. The van der Waals surface area contributed by atoms with Crippen LogP contribution >= 0.6 is 27.3 Å². The van der Waals surface area contributed by atoms with Gasteiger partial charge >= 0.3 is 0 Å². The molecule has 0 radical (unpaired) electrons. The Labute approximate surface area is 227 Å². The van der Waals surface area contributed by atoms with Gasteiger partial charge in [0.25, 0.3) is 0 Å². The number of nitrogens with one attached hydrogen (secondary N) is 1. The molecule has 37 heavy (non-hydrogen) atoms. The fourth-order valence-corrected chi connectivity index (χ4v) is 5.46. The zero-order chi connectivity index (χ0) is 25.0. The minimum Gasteiger partial charge on any atom is -0.361 e. The number of rotatable bonds is 6. The molecular weight excluding hydrogens is 540 g/mol. The van der Waals surface area contributed by atoms with Gasteiger partial charge in [0.05, 0.1) is 18.5 Å². The van der Waals surface area contributed by atoms with Crippen LogP contribution in [0.15, 0.2) is 129 Å². The first-order valence-corrected chi connectivity index (χ1v) is 13.6. The van der Waals surface area contributed by atoms with Gasteiger partial charge in [-0.2, -0.15) is 5.10 Å². The van der Waals surface area contributed by atoms with Crippen LogP contribution < -0.4 is 4.80 Å². The average Bonchev–Trinajstić information content (AvgIpc) is 3.55. The van der Waals surface area contributed by atoms with Crippen LogP contribution in [0.25, 0.3) is 33.3 Å². The first-order chi connectivity index (χ1) is 18.2. The van der Waals surface area contributed by atoms with Crippen molar-refractivity contribution < 1.29 is 0 Å². The number of halogens is 1. The van der Waals surface area contributed by atoms with E-state index < -0.39 is 0 Å². The Hall–Kier alpha value is -4.00. The molecule has 0 atom stereocenters. The summed E-state index contributed by atoms with van der Waals surface area (Å²) in [6, 6.07) is 35.6. The van der Waals surface area contributed by atoms with E-state index in [1.165, 1.54) is 16.7 Å². The van der Waals surface area contributed by atoms with Gasteiger partial charge in [-0.15, -0.1) is 11.3 Å². The van der Waals surface area contributed by atoms with Crippen LogP contribution in [0, 0.1) is 0 Å². The standard InChI is InChI=1S/C31H23BrN4S/c32-27-15-16-29-28(17-27)26(19-33-29)20-35-36-30(21-37-31(36)34-18-22-7-3-1-4-8-22)25-13-11-24(12-14-25)23-9-5-2-6-10-23/h1-17,19-21,33H,18H2/b34-31?,35-20+. The number of H-pyrrole nitrogens is 1. The molecule has 6 aromatic rings. The van der Waals surface area contributed by atoms with E-state index in [2.05, 4.69) is 99.1 Å². The van der Waals surface area contributed by atoms with Crippen LogP contribution in [-0.2, 0) is 6.54 Å². The van der Waals surface area contributed by atoms with E-state index in [9.17, 15) is 0 Å². The van der Waals surface area contributed by atoms with Gasteiger partial charge in [-0.25, -0.2) is 4.68 Å². The van der Waals surface area contributed by atoms with E-state index in [0.717, 1.165) is 37.0 Å². The second-order valence-electron chi connectivity index (χ2n) is 8.64. The van der Waals surface area contributed by atoms with Crippen molar-refractivity contribution in [2.24, 2.45) is 10.1 Å². The summed E-state index contributed by atoms with van der Waals surface area (Å²) in [5, 5.41) is 8.18. The quantitative estimate of drug-likeness (QED) is 0.199. The highest BCUT2D eigenvalue weighted by atomic mass is 79.9. The van der Waals surface area contributed by atoms with Crippen LogP contribution in [0.1, 0.15) is 11.1 Å². The van der Waals surface area contributed by atoms with Gasteiger partial charge in [-0.3, -0.25) is 4.99 Å². The predicted octanol–water partition coefficient (Wildman–Crippen LogP) is 8.11. The van der Waals surface area contributed by atoms with E-state index in [-0.39, 0.29) is 0 Å². The van der Waals surface area contributed by atoms with Crippen LogP contribution in [0.4, 0.5) is 0 Å². The topological polar surface area (TPSA) is 45.4 Å². The lowest BCUT2D eigenvalue weighted by atomic mass is 10.0. The summed E-state index contributed by atoms with van der Waals surface area (Å²) < 4.78 is 2.98. The number of hydrogen-bond donors (Lipinski definition) is 1. The second-order valence-corrected chi connectivity index (χ2v) is 10.4. The zero-order valence-corrected chi connectivity index (χ0v) is 22.3. The summed E-state index contributed by atoms with van der Waals surface area (Å²) in [6.07, 6.45) is 3.89. The molecule has 0 aliphatic heterocycles. The third-order valence-electron chi connectivity index (χ3n) is 6.20. The van der Waals surface area contributed by atoms with Crippen molar-refractivity contribution in [1.82, 2.24) is 9.66 Å². The molecular formula is C31H23BrN4S. The molecule has 6 heteroatoms. The van der Waals surface area contributed by atoms with Crippen LogP contribution in [0.5, 0.6) is 0 Å². The number of aromatic nitrogens is 2. The largest absolute Gasteiger partial charge is 0.361 e. The van der Waals surface area contributed by atoms with Gasteiger partial charge in [0.2, 0.25) is 4.80 Å². The van der Waals surface area contributed by atoms with E-state index in [4.69, 9.17) is 10.1 Å². The SMILES string of the molecule is Brc1ccc2[nH]cc(/C=N/n3c(-c4ccc(-c5ccccc5)cc4)csc3=NCc3ccccc3)c2c1. The third kappa shape index (κ3) is 5.12. The normalized spacial score (nSPS) is 12.1. The molecule has 0 saturated heterocycles. The van der Waals surface area contributed by atoms with Crippen molar-refractivity contribution in [3.63, 3.8) is 0 Å². The summed E-state index contributed by atoms with van der Waals surface area (Å²) in [4.78, 5) is 9.10. The molecule has 6 rings (SSSR count). The summed E-state index contributed by atoms with van der Waals surface area (Å²) in [6.45, 7) is 0.600. The number of fused-ring (bicyclic) bond motifs is 1. The minimum absolute atomic E-state index is 0.600. The molecule has 2 heterocycles. The number of thiazole rings is 1. The van der Waals surface area contributed by atoms with Gasteiger partial charge < -0.3 is 4.98 Å². The fraction of sp³-hybridized carbons (Fsp3) is 0.0323. The Morgan fingerprint density at radius 3 is 2.30 bits per heavy atom. The van der Waals surface area contributed by atoms with E-state index in [1.54, 1.807) is 11.3 Å². The molecule has 0 unspecified atom stereocenters. The molecule has 0 saturated carbocycles. The molecule has 1 N–H and O–H groups in total. The number of hydrogen-bond acceptors (Lipinski definition) is 3. The van der Waals surface area contributed by atoms with Gasteiger partial charge in [0, 0.05) is 38.1 Å². The van der Waals surface area contributed by atoms with Crippen molar-refractivity contribution in [2.75, 3.05) is 0 Å². The van der Waals surface area contributed by atoms with Crippen LogP contribution in [0.2, 0.25) is 0 Å². The second kappa shape index (κ2) is 10.5. The summed E-state index contributed by atoms with van der Waals surface area (Å²) in [5.74, 6) is 0. The van der Waals surface area contributed by atoms with Crippen molar-refractivity contribution >= 4 is 44.4 Å². The molecule has 4 aromatic carbocycles. The first kappa shape index (κ1) is 23.4. The Kier molecular flexibility index (Phi) is 6.67. The molecule has 0 fully saturated rings. The van der Waals surface area contributed by atoms with Crippen LogP contribution in [-0.4, -0.2) is 15.9 Å². The maximum Gasteiger partial charge on any atom is 0.206 e.